The number of carbonyl (C=O) groups excluding carboxylic acids is 2. The molecule has 0 spiro atoms. The van der Waals surface area contributed by atoms with Crippen molar-refractivity contribution in [2.45, 2.75) is 38.9 Å². The first-order chi connectivity index (χ1) is 11.0. The summed E-state index contributed by atoms with van der Waals surface area (Å²) in [5, 5.41) is 2.43. The molecular weight excluding hydrogens is 294 g/mol. The quantitative estimate of drug-likeness (QED) is 0.766. The number of imide groups is 1. The molecule has 2 saturated heterocycles. The zero-order valence-corrected chi connectivity index (χ0v) is 14.0. The average molecular weight is 319 g/mol. The fraction of sp³-hybridized carbons (Fsp3) is 0.688. The smallest absolute Gasteiger partial charge is 0.325 e. The Bertz CT molecular complexity index is 551. The molecular formula is C16H25N5O2. The lowest BCUT2D eigenvalue weighted by atomic mass is 9.99. The minimum Gasteiger partial charge on any atom is -0.343 e. The lowest BCUT2D eigenvalue weighted by molar-refractivity contribution is -0.127. The summed E-state index contributed by atoms with van der Waals surface area (Å²) >= 11 is 0. The second-order valence-corrected chi connectivity index (χ2v) is 6.58. The number of urea groups is 1. The van der Waals surface area contributed by atoms with Crippen LogP contribution in [0, 0.1) is 5.92 Å². The molecule has 3 rings (SSSR count). The molecule has 3 aliphatic rings. The largest absolute Gasteiger partial charge is 0.343 e. The molecule has 0 aromatic rings. The molecule has 2 fully saturated rings. The van der Waals surface area contributed by atoms with E-state index in [0.29, 0.717) is 6.54 Å². The molecule has 0 aromatic carbocycles. The molecule has 0 saturated carbocycles. The molecule has 0 aliphatic carbocycles. The number of fused-ring (bicyclic) bond motifs is 1. The van der Waals surface area contributed by atoms with Gasteiger partial charge in [0.1, 0.15) is 0 Å². The molecule has 126 valence electrons. The zero-order valence-electron chi connectivity index (χ0n) is 14.0. The summed E-state index contributed by atoms with van der Waals surface area (Å²) in [7, 11) is 1.69. The molecule has 3 amide bonds. The number of piperidine rings is 1. The first-order valence-corrected chi connectivity index (χ1v) is 8.31. The van der Waals surface area contributed by atoms with Crippen molar-refractivity contribution in [3.05, 3.63) is 12.2 Å². The summed E-state index contributed by atoms with van der Waals surface area (Å²) in [6, 6.07) is -0.817. The fourth-order valence-corrected chi connectivity index (χ4v) is 3.40. The second-order valence-electron chi connectivity index (χ2n) is 6.58. The van der Waals surface area contributed by atoms with Crippen molar-refractivity contribution in [3.63, 3.8) is 0 Å². The van der Waals surface area contributed by atoms with Gasteiger partial charge in [0.2, 0.25) is 0 Å². The van der Waals surface area contributed by atoms with E-state index in [1.807, 2.05) is 24.0 Å². The number of amides is 3. The van der Waals surface area contributed by atoms with Crippen LogP contribution in [0.3, 0.4) is 0 Å². The van der Waals surface area contributed by atoms with Crippen LogP contribution >= 0.6 is 0 Å². The number of carbonyl (C=O) groups is 2. The summed E-state index contributed by atoms with van der Waals surface area (Å²) in [6.07, 6.45) is 5.82. The highest BCUT2D eigenvalue weighted by Gasteiger charge is 2.49. The molecule has 0 bridgehead atoms. The third-order valence-corrected chi connectivity index (χ3v) is 4.94. The Morgan fingerprint density at radius 2 is 2.00 bits per heavy atom. The predicted molar refractivity (Wildman–Crippen MR) is 87.8 cm³/mol. The number of guanidine groups is 1. The van der Waals surface area contributed by atoms with E-state index < -0.39 is 12.2 Å². The Balaban J connectivity index is 1.88. The summed E-state index contributed by atoms with van der Waals surface area (Å²) < 4.78 is 0. The van der Waals surface area contributed by atoms with Gasteiger partial charge in [-0.05, 0) is 25.7 Å². The Labute approximate surface area is 137 Å². The number of hydrogen-bond donors (Lipinski definition) is 1. The van der Waals surface area contributed by atoms with Gasteiger partial charge in [0, 0.05) is 26.7 Å². The summed E-state index contributed by atoms with van der Waals surface area (Å²) in [6.45, 7) is 6.75. The minimum atomic E-state index is -0.441. The van der Waals surface area contributed by atoms with Gasteiger partial charge in [-0.25, -0.2) is 9.79 Å². The van der Waals surface area contributed by atoms with Crippen LogP contribution < -0.4 is 5.32 Å². The van der Waals surface area contributed by atoms with E-state index in [-0.39, 0.29) is 11.9 Å². The SMILES string of the molecule is C/C=C/CN1C(N2CCC(C)CC2)=NC2C1C(=O)NC(=O)N2C. The second kappa shape index (κ2) is 6.22. The van der Waals surface area contributed by atoms with Crippen LogP contribution in [0.4, 0.5) is 4.79 Å². The van der Waals surface area contributed by atoms with Crippen molar-refractivity contribution in [3.8, 4) is 0 Å². The number of nitrogens with one attached hydrogen (secondary N) is 1. The topological polar surface area (TPSA) is 68.2 Å². The predicted octanol–water partition coefficient (Wildman–Crippen LogP) is 0.842. The van der Waals surface area contributed by atoms with E-state index in [2.05, 4.69) is 17.1 Å². The van der Waals surface area contributed by atoms with Crippen molar-refractivity contribution >= 4 is 17.9 Å². The van der Waals surface area contributed by atoms with E-state index in [4.69, 9.17) is 4.99 Å². The number of rotatable bonds is 2. The molecule has 2 atom stereocenters. The molecule has 7 heteroatoms. The van der Waals surface area contributed by atoms with Gasteiger partial charge in [-0.15, -0.1) is 0 Å². The highest BCUT2D eigenvalue weighted by molar-refractivity contribution is 6.03. The standard InChI is InChI=1S/C16H25N5O2/c1-4-5-8-21-12-13(19(3)16(23)18-14(12)22)17-15(21)20-9-6-11(2)7-10-20/h4-5,11-13H,6-10H2,1-3H3,(H,18,22,23)/b5-4+. The molecule has 2 unspecified atom stereocenters. The lowest BCUT2D eigenvalue weighted by Crippen LogP contribution is -2.64. The maximum atomic E-state index is 12.4. The summed E-state index contributed by atoms with van der Waals surface area (Å²) in [5.41, 5.74) is 0. The summed E-state index contributed by atoms with van der Waals surface area (Å²) in [5.74, 6) is 1.32. The molecule has 3 aliphatic heterocycles. The maximum absolute atomic E-state index is 12.4. The van der Waals surface area contributed by atoms with Gasteiger partial charge in [-0.1, -0.05) is 19.1 Å². The van der Waals surface area contributed by atoms with Crippen molar-refractivity contribution in [1.82, 2.24) is 20.0 Å². The molecule has 7 nitrogen and oxygen atoms in total. The van der Waals surface area contributed by atoms with Crippen molar-refractivity contribution < 1.29 is 9.59 Å². The van der Waals surface area contributed by atoms with Gasteiger partial charge in [-0.3, -0.25) is 10.1 Å². The lowest BCUT2D eigenvalue weighted by Gasteiger charge is -2.38. The number of nitrogens with zero attached hydrogens (tertiary/aromatic N) is 4. The number of allylic oxidation sites excluding steroid dienone is 1. The van der Waals surface area contributed by atoms with Crippen molar-refractivity contribution in [2.75, 3.05) is 26.7 Å². The number of hydrogen-bond acceptors (Lipinski definition) is 5. The fourth-order valence-electron chi connectivity index (χ4n) is 3.40. The Morgan fingerprint density at radius 3 is 2.65 bits per heavy atom. The Kier molecular flexibility index (Phi) is 4.28. The molecule has 0 radical (unpaired) electrons. The van der Waals surface area contributed by atoms with Crippen LogP contribution in [0.25, 0.3) is 0 Å². The first-order valence-electron chi connectivity index (χ1n) is 8.31. The van der Waals surface area contributed by atoms with Gasteiger partial charge in [-0.2, -0.15) is 0 Å². The van der Waals surface area contributed by atoms with E-state index in [1.54, 1.807) is 7.05 Å². The van der Waals surface area contributed by atoms with Gasteiger partial charge >= 0.3 is 6.03 Å². The number of aliphatic imine (C=N–C) groups is 1. The number of likely N-dealkylation sites (tertiary alicyclic amines) is 1. The highest BCUT2D eigenvalue weighted by atomic mass is 16.2. The van der Waals surface area contributed by atoms with Crippen LogP contribution in [-0.4, -0.2) is 71.5 Å². The minimum absolute atomic E-state index is 0.258. The van der Waals surface area contributed by atoms with Gasteiger partial charge in [0.25, 0.3) is 5.91 Å². The summed E-state index contributed by atoms with van der Waals surface area (Å²) in [4.78, 5) is 34.8. The van der Waals surface area contributed by atoms with Crippen molar-refractivity contribution in [1.29, 1.82) is 0 Å². The van der Waals surface area contributed by atoms with Gasteiger partial charge in [0.05, 0.1) is 0 Å². The normalized spacial score (nSPS) is 29.2. The number of likely N-dealkylation sites (N-methyl/N-ethyl adjacent to an activating group) is 1. The molecule has 23 heavy (non-hydrogen) atoms. The van der Waals surface area contributed by atoms with Crippen LogP contribution in [0.5, 0.6) is 0 Å². The van der Waals surface area contributed by atoms with Crippen LogP contribution in [-0.2, 0) is 4.79 Å². The third kappa shape index (κ3) is 2.80. The molecule has 1 N–H and O–H groups in total. The first kappa shape index (κ1) is 15.8. The Hall–Kier alpha value is -2.05. The maximum Gasteiger partial charge on any atom is 0.325 e. The molecule has 0 aromatic heterocycles. The monoisotopic (exact) mass is 319 g/mol. The van der Waals surface area contributed by atoms with Crippen LogP contribution in [0.15, 0.2) is 17.1 Å². The van der Waals surface area contributed by atoms with Gasteiger partial charge < -0.3 is 14.7 Å². The van der Waals surface area contributed by atoms with E-state index in [0.717, 1.165) is 37.8 Å². The van der Waals surface area contributed by atoms with Gasteiger partial charge in [0.15, 0.2) is 18.2 Å². The zero-order chi connectivity index (χ0) is 16.6. The van der Waals surface area contributed by atoms with Crippen LogP contribution in [0.2, 0.25) is 0 Å². The van der Waals surface area contributed by atoms with E-state index >= 15 is 0 Å². The molecule has 3 heterocycles. The van der Waals surface area contributed by atoms with Crippen LogP contribution in [0.1, 0.15) is 26.7 Å². The average Bonchev–Trinajstić information content (AvgIpc) is 2.91. The van der Waals surface area contributed by atoms with E-state index in [9.17, 15) is 9.59 Å². The Morgan fingerprint density at radius 1 is 1.30 bits per heavy atom. The van der Waals surface area contributed by atoms with Crippen molar-refractivity contribution in [2.24, 2.45) is 10.9 Å². The third-order valence-electron chi connectivity index (χ3n) is 4.94. The highest BCUT2D eigenvalue weighted by Crippen LogP contribution is 2.27. The van der Waals surface area contributed by atoms with E-state index in [1.165, 1.54) is 4.90 Å².